The molecule has 3 aromatic rings. The van der Waals surface area contributed by atoms with Gasteiger partial charge in [0.05, 0.1) is 11.9 Å². The van der Waals surface area contributed by atoms with E-state index in [1.54, 1.807) is 35.6 Å². The smallest absolute Gasteiger partial charge is 0.307 e. The zero-order chi connectivity index (χ0) is 14.8. The molecule has 0 aliphatic heterocycles. The van der Waals surface area contributed by atoms with Crippen LogP contribution < -0.4 is 4.74 Å². The molecule has 0 aliphatic carbocycles. The summed E-state index contributed by atoms with van der Waals surface area (Å²) in [4.78, 5) is 19.1. The average Bonchev–Trinajstić information content (AvgIpc) is 2.83. The number of ether oxygens (including phenoxy) is 1. The molecular formula is C15H12N2O3S. The number of rotatable bonds is 4. The molecule has 0 spiro atoms. The SMILES string of the molecule is Cc1csc2c(Oc3ccc(CC(=O)O)cc3)ncnc12. The minimum Gasteiger partial charge on any atom is -0.481 e. The molecule has 0 radical (unpaired) electrons. The van der Waals surface area contributed by atoms with Gasteiger partial charge in [0.15, 0.2) is 0 Å². The van der Waals surface area contributed by atoms with Gasteiger partial charge in [-0.2, -0.15) is 0 Å². The summed E-state index contributed by atoms with van der Waals surface area (Å²) in [6, 6.07) is 6.96. The fraction of sp³-hybridized carbons (Fsp3) is 0.133. The first kappa shape index (κ1) is 13.5. The van der Waals surface area contributed by atoms with Crippen LogP contribution in [0.3, 0.4) is 0 Å². The number of aromatic nitrogens is 2. The number of carboxylic acids is 1. The van der Waals surface area contributed by atoms with Gasteiger partial charge in [0.2, 0.25) is 5.88 Å². The quantitative estimate of drug-likeness (QED) is 0.799. The van der Waals surface area contributed by atoms with E-state index in [1.165, 1.54) is 6.33 Å². The highest BCUT2D eigenvalue weighted by Gasteiger charge is 2.10. The molecule has 0 unspecified atom stereocenters. The standard InChI is InChI=1S/C15H12N2O3S/c1-9-7-21-14-13(9)16-8-17-15(14)20-11-4-2-10(3-5-11)6-12(18)19/h2-5,7-8H,6H2,1H3,(H,18,19). The second kappa shape index (κ2) is 5.49. The summed E-state index contributed by atoms with van der Waals surface area (Å²) in [5.74, 6) is 0.287. The van der Waals surface area contributed by atoms with Gasteiger partial charge in [0.25, 0.3) is 0 Å². The molecule has 106 valence electrons. The Bertz CT molecular complexity index is 796. The molecule has 2 heterocycles. The van der Waals surface area contributed by atoms with E-state index in [1.807, 2.05) is 12.3 Å². The summed E-state index contributed by atoms with van der Waals surface area (Å²) < 4.78 is 6.68. The third kappa shape index (κ3) is 2.85. The fourth-order valence-electron chi connectivity index (χ4n) is 1.98. The molecule has 0 amide bonds. The van der Waals surface area contributed by atoms with Crippen molar-refractivity contribution in [2.24, 2.45) is 0 Å². The minimum absolute atomic E-state index is 0.00213. The first-order valence-corrected chi connectivity index (χ1v) is 7.19. The first-order chi connectivity index (χ1) is 10.1. The van der Waals surface area contributed by atoms with Crippen molar-refractivity contribution in [1.29, 1.82) is 0 Å². The second-order valence-electron chi connectivity index (χ2n) is 4.59. The van der Waals surface area contributed by atoms with E-state index in [2.05, 4.69) is 9.97 Å². The van der Waals surface area contributed by atoms with Gasteiger partial charge in [-0.05, 0) is 35.6 Å². The maximum atomic E-state index is 10.6. The normalized spacial score (nSPS) is 10.7. The molecule has 0 saturated carbocycles. The van der Waals surface area contributed by atoms with Crippen LogP contribution >= 0.6 is 11.3 Å². The Morgan fingerprint density at radius 3 is 2.76 bits per heavy atom. The minimum atomic E-state index is -0.852. The number of nitrogens with zero attached hydrogens (tertiary/aromatic N) is 2. The largest absolute Gasteiger partial charge is 0.481 e. The highest BCUT2D eigenvalue weighted by atomic mass is 32.1. The van der Waals surface area contributed by atoms with Crippen molar-refractivity contribution in [3.63, 3.8) is 0 Å². The fourth-order valence-corrected chi connectivity index (χ4v) is 2.91. The van der Waals surface area contributed by atoms with Crippen LogP contribution in [-0.2, 0) is 11.2 Å². The molecular weight excluding hydrogens is 288 g/mol. The molecule has 0 atom stereocenters. The van der Waals surface area contributed by atoms with E-state index < -0.39 is 5.97 Å². The maximum absolute atomic E-state index is 10.6. The summed E-state index contributed by atoms with van der Waals surface area (Å²) in [7, 11) is 0. The van der Waals surface area contributed by atoms with Gasteiger partial charge in [-0.1, -0.05) is 12.1 Å². The molecule has 0 aliphatic rings. The lowest BCUT2D eigenvalue weighted by Gasteiger charge is -2.06. The van der Waals surface area contributed by atoms with E-state index in [0.717, 1.165) is 21.3 Å². The predicted molar refractivity (Wildman–Crippen MR) is 80.0 cm³/mol. The number of thiophene rings is 1. The topological polar surface area (TPSA) is 72.3 Å². The number of benzene rings is 1. The van der Waals surface area contributed by atoms with E-state index in [0.29, 0.717) is 11.6 Å². The number of fused-ring (bicyclic) bond motifs is 1. The van der Waals surface area contributed by atoms with Gasteiger partial charge in [-0.25, -0.2) is 9.97 Å². The van der Waals surface area contributed by atoms with Crippen molar-refractivity contribution < 1.29 is 14.6 Å². The van der Waals surface area contributed by atoms with Crippen LogP contribution in [0.4, 0.5) is 0 Å². The Morgan fingerprint density at radius 2 is 2.05 bits per heavy atom. The van der Waals surface area contributed by atoms with Crippen LogP contribution in [0.5, 0.6) is 11.6 Å². The molecule has 5 nitrogen and oxygen atoms in total. The number of hydrogen-bond acceptors (Lipinski definition) is 5. The van der Waals surface area contributed by atoms with E-state index >= 15 is 0 Å². The van der Waals surface area contributed by atoms with Crippen LogP contribution in [0, 0.1) is 6.92 Å². The molecule has 0 saturated heterocycles. The number of aryl methyl sites for hydroxylation is 1. The number of carboxylic acid groups (broad SMARTS) is 1. The molecule has 0 bridgehead atoms. The second-order valence-corrected chi connectivity index (χ2v) is 5.47. The maximum Gasteiger partial charge on any atom is 0.307 e. The molecule has 21 heavy (non-hydrogen) atoms. The van der Waals surface area contributed by atoms with Gasteiger partial charge >= 0.3 is 5.97 Å². The Morgan fingerprint density at radius 1 is 1.29 bits per heavy atom. The third-order valence-corrected chi connectivity index (χ3v) is 4.07. The Hall–Kier alpha value is -2.47. The summed E-state index contributed by atoms with van der Waals surface area (Å²) in [5.41, 5.74) is 2.72. The molecule has 2 aromatic heterocycles. The van der Waals surface area contributed by atoms with Crippen LogP contribution in [0.15, 0.2) is 36.0 Å². The van der Waals surface area contributed by atoms with Gasteiger partial charge in [0.1, 0.15) is 16.8 Å². The zero-order valence-electron chi connectivity index (χ0n) is 11.2. The summed E-state index contributed by atoms with van der Waals surface area (Å²) in [6.07, 6.45) is 1.48. The van der Waals surface area contributed by atoms with E-state index in [-0.39, 0.29) is 6.42 Å². The number of hydrogen-bond donors (Lipinski definition) is 1. The summed E-state index contributed by atoms with van der Waals surface area (Å²) in [6.45, 7) is 2.00. The van der Waals surface area contributed by atoms with Crippen LogP contribution in [-0.4, -0.2) is 21.0 Å². The predicted octanol–water partition coefficient (Wildman–Crippen LogP) is 3.42. The van der Waals surface area contributed by atoms with Crippen molar-refractivity contribution in [1.82, 2.24) is 9.97 Å². The highest BCUT2D eigenvalue weighted by molar-refractivity contribution is 7.17. The number of carbonyl (C=O) groups is 1. The first-order valence-electron chi connectivity index (χ1n) is 6.31. The van der Waals surface area contributed by atoms with E-state index in [9.17, 15) is 4.79 Å². The van der Waals surface area contributed by atoms with Crippen molar-refractivity contribution >= 4 is 27.5 Å². The lowest BCUT2D eigenvalue weighted by atomic mass is 10.1. The summed E-state index contributed by atoms with van der Waals surface area (Å²) in [5, 5.41) is 10.8. The Kier molecular flexibility index (Phi) is 3.53. The molecule has 1 N–H and O–H groups in total. The van der Waals surface area contributed by atoms with Gasteiger partial charge < -0.3 is 9.84 Å². The zero-order valence-corrected chi connectivity index (χ0v) is 12.1. The van der Waals surface area contributed by atoms with Gasteiger partial charge in [0, 0.05) is 0 Å². The summed E-state index contributed by atoms with van der Waals surface area (Å²) >= 11 is 1.54. The monoisotopic (exact) mass is 300 g/mol. The molecule has 1 aromatic carbocycles. The number of aliphatic carboxylic acids is 1. The van der Waals surface area contributed by atoms with Gasteiger partial charge in [-0.3, -0.25) is 4.79 Å². The molecule has 0 fully saturated rings. The van der Waals surface area contributed by atoms with E-state index in [4.69, 9.17) is 9.84 Å². The Labute approximate surface area is 124 Å². The average molecular weight is 300 g/mol. The van der Waals surface area contributed by atoms with Crippen LogP contribution in [0.1, 0.15) is 11.1 Å². The van der Waals surface area contributed by atoms with Crippen molar-refractivity contribution in [3.8, 4) is 11.6 Å². The van der Waals surface area contributed by atoms with Crippen molar-refractivity contribution in [2.45, 2.75) is 13.3 Å². The Balaban J connectivity index is 1.86. The van der Waals surface area contributed by atoms with Gasteiger partial charge in [-0.15, -0.1) is 11.3 Å². The third-order valence-electron chi connectivity index (χ3n) is 2.99. The molecule has 3 rings (SSSR count). The van der Waals surface area contributed by atoms with Crippen LogP contribution in [0.2, 0.25) is 0 Å². The highest BCUT2D eigenvalue weighted by Crippen LogP contribution is 2.32. The lowest BCUT2D eigenvalue weighted by molar-refractivity contribution is -0.136. The van der Waals surface area contributed by atoms with Crippen LogP contribution in [0.25, 0.3) is 10.2 Å². The molecule has 6 heteroatoms. The van der Waals surface area contributed by atoms with Crippen molar-refractivity contribution in [2.75, 3.05) is 0 Å². The lowest BCUT2D eigenvalue weighted by Crippen LogP contribution is -1.99. The van der Waals surface area contributed by atoms with Crippen molar-refractivity contribution in [3.05, 3.63) is 47.1 Å².